The minimum absolute atomic E-state index is 0.0678. The molecule has 0 spiro atoms. The van der Waals surface area contributed by atoms with E-state index in [1.54, 1.807) is 6.92 Å². The van der Waals surface area contributed by atoms with Crippen LogP contribution in [-0.2, 0) is 16.4 Å². The van der Waals surface area contributed by atoms with Crippen molar-refractivity contribution >= 4 is 27.4 Å². The van der Waals surface area contributed by atoms with E-state index in [0.717, 1.165) is 5.56 Å². The largest absolute Gasteiger partial charge is 0.357 e. The second-order valence-corrected chi connectivity index (χ2v) is 7.80. The number of aliphatic imine (C=N–C) groups is 1. The molecule has 0 heterocycles. The quantitative estimate of drug-likeness (QED) is 0.607. The maximum atomic E-state index is 11.5. The Labute approximate surface area is 138 Å². The van der Waals surface area contributed by atoms with Crippen LogP contribution < -0.4 is 5.32 Å². The summed E-state index contributed by atoms with van der Waals surface area (Å²) in [6, 6.07) is 7.64. The zero-order valence-corrected chi connectivity index (χ0v) is 14.9. The molecule has 0 saturated carbocycles. The summed E-state index contributed by atoms with van der Waals surface area (Å²) < 4.78 is 23.0. The van der Waals surface area contributed by atoms with Gasteiger partial charge in [-0.3, -0.25) is 4.99 Å². The third kappa shape index (κ3) is 6.23. The summed E-state index contributed by atoms with van der Waals surface area (Å²) in [7, 11) is -1.09. The van der Waals surface area contributed by atoms with E-state index in [4.69, 9.17) is 11.6 Å². The highest BCUT2D eigenvalue weighted by molar-refractivity contribution is 7.91. The number of halogens is 1. The number of nitrogens with zero attached hydrogens (tertiary/aromatic N) is 2. The van der Waals surface area contributed by atoms with E-state index in [-0.39, 0.29) is 18.1 Å². The van der Waals surface area contributed by atoms with Gasteiger partial charge in [0.05, 0.1) is 12.3 Å². The molecule has 0 fully saturated rings. The molecule has 0 aliphatic rings. The van der Waals surface area contributed by atoms with Crippen LogP contribution in [0.4, 0.5) is 0 Å². The first kappa shape index (κ1) is 18.8. The van der Waals surface area contributed by atoms with Crippen LogP contribution in [0.15, 0.2) is 29.3 Å². The first-order chi connectivity index (χ1) is 10.4. The van der Waals surface area contributed by atoms with Gasteiger partial charge in [-0.2, -0.15) is 0 Å². The second-order valence-electron chi connectivity index (χ2n) is 4.92. The van der Waals surface area contributed by atoms with E-state index in [9.17, 15) is 8.42 Å². The molecule has 0 saturated heterocycles. The molecule has 0 radical (unpaired) electrons. The molecule has 1 rings (SSSR count). The summed E-state index contributed by atoms with van der Waals surface area (Å²) in [5, 5.41) is 3.87. The molecular formula is C15H24ClN3O2S. The van der Waals surface area contributed by atoms with E-state index >= 15 is 0 Å². The highest BCUT2D eigenvalue weighted by Crippen LogP contribution is 2.16. The molecule has 0 unspecified atom stereocenters. The normalized spacial score (nSPS) is 12.3. The molecule has 5 nitrogen and oxygen atoms in total. The first-order valence-electron chi connectivity index (χ1n) is 7.33. The van der Waals surface area contributed by atoms with Crippen LogP contribution in [0.5, 0.6) is 0 Å². The fourth-order valence-corrected chi connectivity index (χ4v) is 2.72. The topological polar surface area (TPSA) is 61.8 Å². The number of rotatable bonds is 7. The highest BCUT2D eigenvalue weighted by atomic mass is 35.5. The van der Waals surface area contributed by atoms with Crippen LogP contribution in [-0.4, -0.2) is 50.9 Å². The number of guanidine groups is 1. The fraction of sp³-hybridized carbons (Fsp3) is 0.533. The van der Waals surface area contributed by atoms with Crippen LogP contribution in [0, 0.1) is 0 Å². The van der Waals surface area contributed by atoms with Gasteiger partial charge in [0.2, 0.25) is 0 Å². The van der Waals surface area contributed by atoms with Crippen molar-refractivity contribution in [2.75, 3.05) is 31.6 Å². The minimum Gasteiger partial charge on any atom is -0.357 e. The molecule has 0 aromatic heterocycles. The van der Waals surface area contributed by atoms with Gasteiger partial charge in [0.15, 0.2) is 15.8 Å². The van der Waals surface area contributed by atoms with Crippen molar-refractivity contribution < 1.29 is 8.42 Å². The van der Waals surface area contributed by atoms with Crippen LogP contribution in [0.3, 0.4) is 0 Å². The smallest absolute Gasteiger partial charge is 0.193 e. The molecule has 0 amide bonds. The van der Waals surface area contributed by atoms with Gasteiger partial charge in [0.25, 0.3) is 0 Å². The van der Waals surface area contributed by atoms with Gasteiger partial charge in [0.1, 0.15) is 0 Å². The molecule has 7 heteroatoms. The van der Waals surface area contributed by atoms with Gasteiger partial charge < -0.3 is 10.2 Å². The van der Waals surface area contributed by atoms with Crippen molar-refractivity contribution in [3.05, 3.63) is 34.9 Å². The number of hydrogen-bond donors (Lipinski definition) is 1. The van der Waals surface area contributed by atoms with Gasteiger partial charge in [-0.05, 0) is 18.6 Å². The van der Waals surface area contributed by atoms with Gasteiger partial charge in [-0.25, -0.2) is 8.42 Å². The number of sulfone groups is 1. The van der Waals surface area contributed by atoms with Gasteiger partial charge in [0, 0.05) is 30.9 Å². The van der Waals surface area contributed by atoms with Gasteiger partial charge >= 0.3 is 0 Å². The molecule has 0 atom stereocenters. The predicted molar refractivity (Wildman–Crippen MR) is 93.2 cm³/mol. The Morgan fingerprint density at radius 3 is 2.59 bits per heavy atom. The Balaban J connectivity index is 2.75. The maximum absolute atomic E-state index is 11.5. The van der Waals surface area contributed by atoms with Crippen LogP contribution >= 0.6 is 11.6 Å². The summed E-state index contributed by atoms with van der Waals surface area (Å²) in [4.78, 5) is 6.32. The van der Waals surface area contributed by atoms with Crippen LogP contribution in [0.1, 0.15) is 19.4 Å². The van der Waals surface area contributed by atoms with Gasteiger partial charge in [-0.15, -0.1) is 0 Å². The number of hydrogen-bond acceptors (Lipinski definition) is 3. The summed E-state index contributed by atoms with van der Waals surface area (Å²) in [6.07, 6.45) is 0. The Morgan fingerprint density at radius 1 is 1.32 bits per heavy atom. The van der Waals surface area contributed by atoms with E-state index in [1.165, 1.54) is 0 Å². The van der Waals surface area contributed by atoms with Gasteiger partial charge in [-0.1, -0.05) is 36.7 Å². The molecule has 1 aromatic carbocycles. The molecule has 22 heavy (non-hydrogen) atoms. The average Bonchev–Trinajstić information content (AvgIpc) is 2.48. The summed E-state index contributed by atoms with van der Waals surface area (Å²) in [5.41, 5.74) is 0.999. The molecule has 1 N–H and O–H groups in total. The third-order valence-electron chi connectivity index (χ3n) is 3.17. The maximum Gasteiger partial charge on any atom is 0.193 e. The van der Waals surface area contributed by atoms with Crippen LogP contribution in [0.2, 0.25) is 5.02 Å². The number of benzene rings is 1. The zero-order chi connectivity index (χ0) is 16.6. The van der Waals surface area contributed by atoms with Crippen LogP contribution in [0.25, 0.3) is 0 Å². The lowest BCUT2D eigenvalue weighted by Gasteiger charge is -2.22. The van der Waals surface area contributed by atoms with Crippen molar-refractivity contribution in [3.8, 4) is 0 Å². The summed E-state index contributed by atoms with van der Waals surface area (Å²) >= 11 is 6.17. The standard InChI is InChI=1S/C15H24ClN3O2S/c1-4-17-15(18-10-11-22(20,21)5-2)19(3)12-13-8-6-7-9-14(13)16/h6-9H,4-5,10-12H2,1-3H3,(H,17,18). The molecule has 0 aliphatic heterocycles. The highest BCUT2D eigenvalue weighted by Gasteiger charge is 2.10. The lowest BCUT2D eigenvalue weighted by Crippen LogP contribution is -2.38. The summed E-state index contributed by atoms with van der Waals surface area (Å²) in [5.74, 6) is 0.890. The molecular weight excluding hydrogens is 322 g/mol. The second kappa shape index (κ2) is 9.00. The SMILES string of the molecule is CCNC(=NCCS(=O)(=O)CC)N(C)Cc1ccccc1Cl. The Morgan fingerprint density at radius 2 is 2.00 bits per heavy atom. The lowest BCUT2D eigenvalue weighted by molar-refractivity contribution is 0.477. The molecule has 0 bridgehead atoms. The third-order valence-corrected chi connectivity index (χ3v) is 5.22. The molecule has 0 aliphatic carbocycles. The zero-order valence-electron chi connectivity index (χ0n) is 13.3. The Hall–Kier alpha value is -1.27. The van der Waals surface area contributed by atoms with E-state index in [1.807, 2.05) is 43.1 Å². The van der Waals surface area contributed by atoms with Crippen molar-refractivity contribution in [3.63, 3.8) is 0 Å². The number of nitrogens with one attached hydrogen (secondary N) is 1. The van der Waals surface area contributed by atoms with E-state index < -0.39 is 9.84 Å². The molecule has 124 valence electrons. The average molecular weight is 346 g/mol. The van der Waals surface area contributed by atoms with E-state index in [0.29, 0.717) is 24.1 Å². The lowest BCUT2D eigenvalue weighted by atomic mass is 10.2. The van der Waals surface area contributed by atoms with E-state index in [2.05, 4.69) is 10.3 Å². The first-order valence-corrected chi connectivity index (χ1v) is 9.52. The Bertz CT molecular complexity index is 603. The Kier molecular flexibility index (Phi) is 7.68. The van der Waals surface area contributed by atoms with Crippen molar-refractivity contribution in [1.82, 2.24) is 10.2 Å². The monoisotopic (exact) mass is 345 g/mol. The fourth-order valence-electron chi connectivity index (χ4n) is 1.86. The summed E-state index contributed by atoms with van der Waals surface area (Å²) in [6.45, 7) is 5.19. The minimum atomic E-state index is -3.00. The molecule has 1 aromatic rings. The van der Waals surface area contributed by atoms with Crippen molar-refractivity contribution in [2.24, 2.45) is 4.99 Å². The van der Waals surface area contributed by atoms with Crippen molar-refractivity contribution in [2.45, 2.75) is 20.4 Å². The van der Waals surface area contributed by atoms with Crippen molar-refractivity contribution in [1.29, 1.82) is 0 Å². The predicted octanol–water partition coefficient (Wildman–Crippen LogP) is 2.17.